The number of ether oxygens (including phenoxy) is 4. The largest absolute Gasteiger partial charge is 0.466 e. The average molecular weight is 401 g/mol. The van der Waals surface area contributed by atoms with Crippen molar-refractivity contribution in [3.05, 3.63) is 0 Å². The number of nitrogens with zero attached hydrogens (tertiary/aromatic N) is 1. The molecule has 1 rings (SSSR count). The molecule has 1 amide bonds. The van der Waals surface area contributed by atoms with Crippen LogP contribution in [-0.2, 0) is 33.3 Å². The van der Waals surface area contributed by atoms with E-state index < -0.39 is 40.9 Å². The van der Waals surface area contributed by atoms with Gasteiger partial charge in [-0.1, -0.05) is 0 Å². The third-order valence-electron chi connectivity index (χ3n) is 4.12. The molecule has 0 bridgehead atoms. The highest BCUT2D eigenvalue weighted by Crippen LogP contribution is 2.43. The number of rotatable bonds is 8. The normalized spacial score (nSPS) is 15.5. The molecule has 0 atom stereocenters. The summed E-state index contributed by atoms with van der Waals surface area (Å²) < 4.78 is 20.4. The minimum absolute atomic E-state index is 0.0248. The van der Waals surface area contributed by atoms with Crippen LogP contribution in [0.15, 0.2) is 0 Å². The van der Waals surface area contributed by atoms with E-state index >= 15 is 0 Å². The first-order chi connectivity index (χ1) is 13.0. The first kappa shape index (κ1) is 23.7. The molecular formula is C19H31NO8. The highest BCUT2D eigenvalue weighted by molar-refractivity contribution is 5.97. The van der Waals surface area contributed by atoms with Crippen LogP contribution in [0.4, 0.5) is 4.79 Å². The molecule has 160 valence electrons. The fraction of sp³-hybridized carbons (Fsp3) is 0.789. The van der Waals surface area contributed by atoms with Gasteiger partial charge < -0.3 is 23.8 Å². The van der Waals surface area contributed by atoms with E-state index in [9.17, 15) is 19.2 Å². The number of amides is 1. The predicted octanol–water partition coefficient (Wildman–Crippen LogP) is 1.92. The van der Waals surface area contributed by atoms with Crippen molar-refractivity contribution in [3.8, 4) is 0 Å². The summed E-state index contributed by atoms with van der Waals surface area (Å²) in [6.07, 6.45) is -0.805. The van der Waals surface area contributed by atoms with E-state index in [2.05, 4.69) is 0 Å². The van der Waals surface area contributed by atoms with Gasteiger partial charge in [0.2, 0.25) is 0 Å². The van der Waals surface area contributed by atoms with E-state index in [1.165, 1.54) is 4.90 Å². The van der Waals surface area contributed by atoms with E-state index in [0.29, 0.717) is 0 Å². The highest BCUT2D eigenvalue weighted by atomic mass is 16.6. The van der Waals surface area contributed by atoms with E-state index in [1.807, 2.05) is 0 Å². The lowest BCUT2D eigenvalue weighted by atomic mass is 9.67. The Morgan fingerprint density at radius 2 is 1.36 bits per heavy atom. The molecule has 9 nitrogen and oxygen atoms in total. The van der Waals surface area contributed by atoms with Crippen molar-refractivity contribution in [1.29, 1.82) is 0 Å². The Hall–Kier alpha value is -2.32. The lowest BCUT2D eigenvalue weighted by Crippen LogP contribution is -2.66. The van der Waals surface area contributed by atoms with Gasteiger partial charge in [-0.15, -0.1) is 0 Å². The Morgan fingerprint density at radius 3 is 1.75 bits per heavy atom. The lowest BCUT2D eigenvalue weighted by Gasteiger charge is -2.51. The second-order valence-electron chi connectivity index (χ2n) is 7.62. The van der Waals surface area contributed by atoms with Crippen LogP contribution in [0.2, 0.25) is 0 Å². The summed E-state index contributed by atoms with van der Waals surface area (Å²) in [5.41, 5.74) is -1.86. The fourth-order valence-corrected chi connectivity index (χ4v) is 3.11. The van der Waals surface area contributed by atoms with Crippen LogP contribution < -0.4 is 0 Å². The van der Waals surface area contributed by atoms with Crippen LogP contribution in [-0.4, -0.2) is 67.4 Å². The van der Waals surface area contributed by atoms with Gasteiger partial charge in [-0.25, -0.2) is 4.79 Å². The number of esters is 3. The van der Waals surface area contributed by atoms with Crippen LogP contribution in [0.25, 0.3) is 0 Å². The zero-order valence-electron chi connectivity index (χ0n) is 17.5. The monoisotopic (exact) mass is 401 g/mol. The average Bonchev–Trinajstić information content (AvgIpc) is 2.50. The highest BCUT2D eigenvalue weighted by Gasteiger charge is 2.59. The van der Waals surface area contributed by atoms with Crippen molar-refractivity contribution in [2.75, 3.05) is 32.9 Å². The summed E-state index contributed by atoms with van der Waals surface area (Å²) in [5, 5.41) is 0. The van der Waals surface area contributed by atoms with Crippen LogP contribution >= 0.6 is 0 Å². The molecule has 0 unspecified atom stereocenters. The topological polar surface area (TPSA) is 108 Å². The zero-order chi connectivity index (χ0) is 21.5. The summed E-state index contributed by atoms with van der Waals surface area (Å²) >= 11 is 0. The van der Waals surface area contributed by atoms with Gasteiger partial charge in [0.1, 0.15) is 5.60 Å². The van der Waals surface area contributed by atoms with Gasteiger partial charge in [0.15, 0.2) is 5.92 Å². The quantitative estimate of drug-likeness (QED) is 0.345. The van der Waals surface area contributed by atoms with E-state index in [4.69, 9.17) is 18.9 Å². The Morgan fingerprint density at radius 1 is 0.893 bits per heavy atom. The molecule has 1 aliphatic heterocycles. The number of carbonyl (C=O) groups excluding carboxylic acids is 4. The van der Waals surface area contributed by atoms with Gasteiger partial charge in [-0.2, -0.15) is 0 Å². The SMILES string of the molecule is CCOC(=O)CC1(C(C(=O)OCC)C(=O)OCC)CN(C(=O)OC(C)(C)C)C1. The predicted molar refractivity (Wildman–Crippen MR) is 98.2 cm³/mol. The third-order valence-corrected chi connectivity index (χ3v) is 4.12. The molecule has 0 N–H and O–H groups in total. The molecule has 0 aromatic rings. The Bertz CT molecular complexity index is 571. The van der Waals surface area contributed by atoms with Gasteiger partial charge in [0.25, 0.3) is 0 Å². The molecular weight excluding hydrogens is 370 g/mol. The van der Waals surface area contributed by atoms with Gasteiger partial charge in [-0.05, 0) is 41.5 Å². The molecule has 1 aliphatic rings. The second-order valence-corrected chi connectivity index (χ2v) is 7.62. The maximum Gasteiger partial charge on any atom is 0.410 e. The molecule has 1 fully saturated rings. The molecule has 9 heteroatoms. The van der Waals surface area contributed by atoms with Crippen molar-refractivity contribution >= 4 is 24.0 Å². The number of carbonyl (C=O) groups is 4. The first-order valence-corrected chi connectivity index (χ1v) is 9.46. The third kappa shape index (κ3) is 6.10. The Kier molecular flexibility index (Phi) is 8.26. The number of hydrogen-bond acceptors (Lipinski definition) is 8. The fourth-order valence-electron chi connectivity index (χ4n) is 3.11. The molecule has 0 saturated carbocycles. The summed E-state index contributed by atoms with van der Waals surface area (Å²) in [7, 11) is 0. The molecule has 0 radical (unpaired) electrons. The standard InChI is InChI=1S/C19H31NO8/c1-7-25-13(21)10-19(11-20(12-19)17(24)28-18(4,5)6)14(15(22)26-8-2)16(23)27-9-3/h14H,7-12H2,1-6H3. The van der Waals surface area contributed by atoms with Crippen molar-refractivity contribution < 1.29 is 38.1 Å². The maximum atomic E-state index is 12.5. The molecule has 28 heavy (non-hydrogen) atoms. The molecule has 0 aliphatic carbocycles. The van der Waals surface area contributed by atoms with E-state index in [1.54, 1.807) is 41.5 Å². The van der Waals surface area contributed by atoms with Gasteiger partial charge >= 0.3 is 24.0 Å². The number of likely N-dealkylation sites (tertiary alicyclic amines) is 1. The summed E-state index contributed by atoms with van der Waals surface area (Å²) in [6, 6.07) is 0. The van der Waals surface area contributed by atoms with Gasteiger partial charge in [0.05, 0.1) is 26.2 Å². The van der Waals surface area contributed by atoms with Crippen LogP contribution in [0.5, 0.6) is 0 Å². The number of hydrogen-bond donors (Lipinski definition) is 0. The first-order valence-electron chi connectivity index (χ1n) is 9.46. The molecule has 1 heterocycles. The Labute approximate surface area is 165 Å². The summed E-state index contributed by atoms with van der Waals surface area (Å²) in [6.45, 7) is 10.3. The molecule has 0 aromatic heterocycles. The van der Waals surface area contributed by atoms with Gasteiger partial charge in [-0.3, -0.25) is 14.4 Å². The zero-order valence-corrected chi connectivity index (χ0v) is 17.5. The van der Waals surface area contributed by atoms with Crippen LogP contribution in [0.1, 0.15) is 48.0 Å². The minimum Gasteiger partial charge on any atom is -0.466 e. The van der Waals surface area contributed by atoms with Crippen molar-refractivity contribution in [1.82, 2.24) is 4.90 Å². The minimum atomic E-state index is -1.34. The van der Waals surface area contributed by atoms with E-state index in [0.717, 1.165) is 0 Å². The maximum absolute atomic E-state index is 12.5. The van der Waals surface area contributed by atoms with Crippen molar-refractivity contribution in [3.63, 3.8) is 0 Å². The second kappa shape index (κ2) is 9.75. The molecule has 1 saturated heterocycles. The van der Waals surface area contributed by atoms with Crippen molar-refractivity contribution in [2.24, 2.45) is 11.3 Å². The van der Waals surface area contributed by atoms with Crippen molar-refractivity contribution in [2.45, 2.75) is 53.6 Å². The van der Waals surface area contributed by atoms with Crippen LogP contribution in [0, 0.1) is 11.3 Å². The summed E-state index contributed by atoms with van der Waals surface area (Å²) in [5.74, 6) is -3.47. The van der Waals surface area contributed by atoms with Gasteiger partial charge in [0, 0.05) is 18.5 Å². The lowest BCUT2D eigenvalue weighted by molar-refractivity contribution is -0.179. The summed E-state index contributed by atoms with van der Waals surface area (Å²) in [4.78, 5) is 50.9. The Balaban J connectivity index is 3.12. The molecule has 0 aromatic carbocycles. The molecule has 0 spiro atoms. The smallest absolute Gasteiger partial charge is 0.410 e. The van der Waals surface area contributed by atoms with Crippen LogP contribution in [0.3, 0.4) is 0 Å². The van der Waals surface area contributed by atoms with E-state index in [-0.39, 0.29) is 39.3 Å².